The lowest BCUT2D eigenvalue weighted by molar-refractivity contribution is -0.121. The fraction of sp³-hybridized carbons (Fsp3) is 0.0556. The summed E-state index contributed by atoms with van der Waals surface area (Å²) in [4.78, 5) is 24.1. The molecule has 0 radical (unpaired) electrons. The fourth-order valence-corrected chi connectivity index (χ4v) is 2.59. The molecule has 132 valence electrons. The average molecular weight is 389 g/mol. The van der Waals surface area contributed by atoms with Crippen molar-refractivity contribution in [3.8, 4) is 11.3 Å². The summed E-state index contributed by atoms with van der Waals surface area (Å²) in [5.41, 5.74) is 7.12. The van der Waals surface area contributed by atoms with Crippen molar-refractivity contribution in [3.63, 3.8) is 0 Å². The molecule has 1 aromatic heterocycles. The van der Waals surface area contributed by atoms with Gasteiger partial charge >= 0.3 is 0 Å². The van der Waals surface area contributed by atoms with E-state index in [1.807, 2.05) is 30.3 Å². The predicted octanol–water partition coefficient (Wildman–Crippen LogP) is 3.39. The number of hydrogen-bond donors (Lipinski definition) is 3. The molecule has 0 spiro atoms. The Hall–Kier alpha value is -2.83. The number of aromatic nitrogens is 2. The van der Waals surface area contributed by atoms with Gasteiger partial charge in [-0.1, -0.05) is 59.6 Å². The highest BCUT2D eigenvalue weighted by molar-refractivity contribution is 6.42. The van der Waals surface area contributed by atoms with Crippen LogP contribution in [0.1, 0.15) is 16.1 Å². The van der Waals surface area contributed by atoms with Crippen molar-refractivity contribution < 1.29 is 9.59 Å². The van der Waals surface area contributed by atoms with E-state index in [-0.39, 0.29) is 18.0 Å². The van der Waals surface area contributed by atoms with Gasteiger partial charge in [0.1, 0.15) is 5.69 Å². The molecule has 6 nitrogen and oxygen atoms in total. The molecule has 0 saturated carbocycles. The van der Waals surface area contributed by atoms with E-state index in [9.17, 15) is 9.59 Å². The molecule has 1 heterocycles. The Bertz CT molecular complexity index is 941. The van der Waals surface area contributed by atoms with E-state index >= 15 is 0 Å². The molecule has 0 saturated heterocycles. The first kappa shape index (κ1) is 18.0. The Morgan fingerprint density at radius 1 is 0.962 bits per heavy atom. The number of aromatic amines is 1. The lowest BCUT2D eigenvalue weighted by atomic mass is 10.1. The topological polar surface area (TPSA) is 86.9 Å². The molecule has 0 aliphatic heterocycles. The smallest absolute Gasteiger partial charge is 0.273 e. The first-order valence-electron chi connectivity index (χ1n) is 7.67. The maximum absolute atomic E-state index is 12.1. The highest BCUT2D eigenvalue weighted by atomic mass is 35.5. The Labute approximate surface area is 159 Å². The molecule has 2 aromatic carbocycles. The van der Waals surface area contributed by atoms with Gasteiger partial charge in [0.15, 0.2) is 0 Å². The maximum Gasteiger partial charge on any atom is 0.287 e. The Morgan fingerprint density at radius 2 is 1.73 bits per heavy atom. The minimum atomic E-state index is -0.498. The third-order valence-electron chi connectivity index (χ3n) is 3.56. The van der Waals surface area contributed by atoms with E-state index in [2.05, 4.69) is 21.0 Å². The monoisotopic (exact) mass is 388 g/mol. The van der Waals surface area contributed by atoms with Gasteiger partial charge in [-0.05, 0) is 23.8 Å². The summed E-state index contributed by atoms with van der Waals surface area (Å²) in [7, 11) is 0. The van der Waals surface area contributed by atoms with Crippen LogP contribution in [-0.2, 0) is 11.2 Å². The number of nitrogens with one attached hydrogen (secondary N) is 3. The number of carbonyl (C=O) groups is 2. The number of carbonyl (C=O) groups excluding carboxylic acids is 2. The molecule has 26 heavy (non-hydrogen) atoms. The number of hydrogen-bond acceptors (Lipinski definition) is 3. The second-order valence-corrected chi connectivity index (χ2v) is 6.27. The van der Waals surface area contributed by atoms with Crippen LogP contribution >= 0.6 is 23.2 Å². The quantitative estimate of drug-likeness (QED) is 0.598. The van der Waals surface area contributed by atoms with Crippen LogP contribution in [0.25, 0.3) is 11.3 Å². The van der Waals surface area contributed by atoms with Gasteiger partial charge in [-0.2, -0.15) is 5.10 Å². The van der Waals surface area contributed by atoms with Gasteiger partial charge in [0.2, 0.25) is 5.91 Å². The van der Waals surface area contributed by atoms with E-state index in [1.165, 1.54) is 0 Å². The SMILES string of the molecule is O=C(Cc1ccc(Cl)c(Cl)c1)NNC(=O)c1cc(-c2ccccc2)n[nH]1. The summed E-state index contributed by atoms with van der Waals surface area (Å²) in [5, 5.41) is 7.52. The Balaban J connectivity index is 1.56. The van der Waals surface area contributed by atoms with Crippen LogP contribution in [-0.4, -0.2) is 22.0 Å². The van der Waals surface area contributed by atoms with Crippen molar-refractivity contribution in [1.29, 1.82) is 0 Å². The Kier molecular flexibility index (Phi) is 5.55. The molecular weight excluding hydrogens is 375 g/mol. The molecule has 8 heteroatoms. The standard InChI is InChI=1S/C18H14Cl2N4O2/c19-13-7-6-11(8-14(13)20)9-17(25)23-24-18(26)16-10-15(21-22-16)12-4-2-1-3-5-12/h1-8,10H,9H2,(H,21,22)(H,23,25)(H,24,26). The van der Waals surface area contributed by atoms with Gasteiger partial charge < -0.3 is 0 Å². The highest BCUT2D eigenvalue weighted by Gasteiger charge is 2.12. The number of amides is 2. The predicted molar refractivity (Wildman–Crippen MR) is 99.8 cm³/mol. The number of rotatable bonds is 4. The molecular formula is C18H14Cl2N4O2. The molecule has 3 rings (SSSR count). The largest absolute Gasteiger partial charge is 0.287 e. The van der Waals surface area contributed by atoms with Crippen LogP contribution in [0.5, 0.6) is 0 Å². The molecule has 0 aliphatic carbocycles. The second-order valence-electron chi connectivity index (χ2n) is 5.46. The van der Waals surface area contributed by atoms with Crippen LogP contribution in [0.2, 0.25) is 10.0 Å². The molecule has 2 amide bonds. The van der Waals surface area contributed by atoms with Gasteiger partial charge in [-0.3, -0.25) is 25.5 Å². The minimum Gasteiger partial charge on any atom is -0.273 e. The summed E-state index contributed by atoms with van der Waals surface area (Å²) < 4.78 is 0. The number of H-pyrrole nitrogens is 1. The molecule has 3 aromatic rings. The summed E-state index contributed by atoms with van der Waals surface area (Å²) in [5.74, 6) is -0.887. The number of hydrazine groups is 1. The van der Waals surface area contributed by atoms with Crippen LogP contribution in [0, 0.1) is 0 Å². The molecule has 0 aliphatic rings. The van der Waals surface area contributed by atoms with Crippen LogP contribution in [0.15, 0.2) is 54.6 Å². The number of halogens is 2. The van der Waals surface area contributed by atoms with E-state index in [0.717, 1.165) is 5.56 Å². The molecule has 0 fully saturated rings. The molecule has 0 bridgehead atoms. The van der Waals surface area contributed by atoms with Crippen molar-refractivity contribution >= 4 is 35.0 Å². The van der Waals surface area contributed by atoms with Crippen molar-refractivity contribution in [2.75, 3.05) is 0 Å². The average Bonchev–Trinajstić information content (AvgIpc) is 3.14. The molecule has 0 unspecified atom stereocenters. The minimum absolute atomic E-state index is 0.0510. The van der Waals surface area contributed by atoms with E-state index in [1.54, 1.807) is 24.3 Å². The summed E-state index contributed by atoms with van der Waals surface area (Å²) >= 11 is 11.7. The van der Waals surface area contributed by atoms with E-state index in [4.69, 9.17) is 23.2 Å². The normalized spacial score (nSPS) is 10.4. The highest BCUT2D eigenvalue weighted by Crippen LogP contribution is 2.22. The van der Waals surface area contributed by atoms with Gasteiger partial charge in [0, 0.05) is 5.56 Å². The second kappa shape index (κ2) is 8.03. The zero-order chi connectivity index (χ0) is 18.5. The molecule has 0 atom stereocenters. The number of nitrogens with zero attached hydrogens (tertiary/aromatic N) is 1. The summed E-state index contributed by atoms with van der Waals surface area (Å²) in [6.07, 6.45) is 0.0510. The van der Waals surface area contributed by atoms with Crippen molar-refractivity contribution in [1.82, 2.24) is 21.0 Å². The summed E-state index contributed by atoms with van der Waals surface area (Å²) in [6, 6.07) is 15.9. The van der Waals surface area contributed by atoms with Crippen molar-refractivity contribution in [2.45, 2.75) is 6.42 Å². The van der Waals surface area contributed by atoms with E-state index < -0.39 is 5.91 Å². The lowest BCUT2D eigenvalue weighted by Crippen LogP contribution is -2.42. The van der Waals surface area contributed by atoms with Gasteiger partial charge in [-0.15, -0.1) is 0 Å². The molecule has 3 N–H and O–H groups in total. The summed E-state index contributed by atoms with van der Waals surface area (Å²) in [6.45, 7) is 0. The Morgan fingerprint density at radius 3 is 2.46 bits per heavy atom. The van der Waals surface area contributed by atoms with Crippen LogP contribution < -0.4 is 10.9 Å². The van der Waals surface area contributed by atoms with Gasteiger partial charge in [-0.25, -0.2) is 0 Å². The fourth-order valence-electron chi connectivity index (χ4n) is 2.27. The lowest BCUT2D eigenvalue weighted by Gasteiger charge is -2.07. The van der Waals surface area contributed by atoms with Crippen LogP contribution in [0.3, 0.4) is 0 Å². The van der Waals surface area contributed by atoms with Crippen molar-refractivity contribution in [3.05, 3.63) is 75.9 Å². The zero-order valence-corrected chi connectivity index (χ0v) is 14.9. The third-order valence-corrected chi connectivity index (χ3v) is 4.30. The first-order valence-corrected chi connectivity index (χ1v) is 8.42. The van der Waals surface area contributed by atoms with Gasteiger partial charge in [0.25, 0.3) is 5.91 Å². The zero-order valence-electron chi connectivity index (χ0n) is 13.4. The maximum atomic E-state index is 12.1. The van der Waals surface area contributed by atoms with Crippen molar-refractivity contribution in [2.24, 2.45) is 0 Å². The van der Waals surface area contributed by atoms with Gasteiger partial charge in [0.05, 0.1) is 22.2 Å². The number of benzene rings is 2. The van der Waals surface area contributed by atoms with Crippen LogP contribution in [0.4, 0.5) is 0 Å². The van der Waals surface area contributed by atoms with E-state index in [0.29, 0.717) is 21.3 Å². The third kappa shape index (κ3) is 4.41. The first-order chi connectivity index (χ1) is 12.5.